The summed E-state index contributed by atoms with van der Waals surface area (Å²) in [5.74, 6) is 0. The van der Waals surface area contributed by atoms with Gasteiger partial charge in [0.1, 0.15) is 0 Å². The van der Waals surface area contributed by atoms with Crippen LogP contribution in [0.4, 0.5) is 0 Å². The molecule has 0 aromatic rings. The van der Waals surface area contributed by atoms with E-state index >= 15 is 0 Å². The molecule has 0 aliphatic heterocycles. The molecule has 0 aliphatic carbocycles. The Hall–Kier alpha value is -0.350. The lowest BCUT2D eigenvalue weighted by atomic mass is 11.3. The smallest absolute Gasteiger partial charge is 0.282 e. The standard InChI is InChI=1S/C2H4O3S.CH/c1-2-6(3,4)5;/h2H,1H2,(H,3,4,5);1H. The predicted molar refractivity (Wildman–Crippen MR) is 26.0 cm³/mol. The fraction of sp³-hybridized carbons (Fsp3) is 0. The Morgan fingerprint density at radius 2 is 1.71 bits per heavy atom. The number of rotatable bonds is 1. The largest absolute Gasteiger partial charge is 0.287 e. The minimum absolute atomic E-state index is 0. The van der Waals surface area contributed by atoms with Crippen LogP contribution in [-0.2, 0) is 10.1 Å². The molecule has 0 bridgehead atoms. The van der Waals surface area contributed by atoms with E-state index in [1.54, 1.807) is 0 Å². The van der Waals surface area contributed by atoms with Crippen molar-refractivity contribution in [3.05, 3.63) is 19.4 Å². The lowest BCUT2D eigenvalue weighted by Gasteiger charge is -1.73. The molecule has 7 heavy (non-hydrogen) atoms. The molecule has 0 rings (SSSR count). The molecule has 0 unspecified atom stereocenters. The van der Waals surface area contributed by atoms with Gasteiger partial charge in [0.25, 0.3) is 10.1 Å². The predicted octanol–water partition coefficient (Wildman–Crippen LogP) is 0.222. The molecular weight excluding hydrogens is 116 g/mol. The zero-order valence-electron chi connectivity index (χ0n) is 3.53. The maximum atomic E-state index is 9.44. The van der Waals surface area contributed by atoms with E-state index in [0.717, 1.165) is 0 Å². The molecule has 0 amide bonds. The van der Waals surface area contributed by atoms with Crippen molar-refractivity contribution in [3.8, 4) is 0 Å². The van der Waals surface area contributed by atoms with Crippen molar-refractivity contribution in [2.24, 2.45) is 0 Å². The fourth-order valence-electron chi connectivity index (χ4n) is 0. The minimum atomic E-state index is -3.90. The van der Waals surface area contributed by atoms with Gasteiger partial charge in [-0.25, -0.2) is 0 Å². The second kappa shape index (κ2) is 2.76. The SMILES string of the molecule is C=CS(=O)(=O)O.[CH]. The molecule has 3 radical (unpaired) electrons. The molecule has 0 saturated carbocycles. The van der Waals surface area contributed by atoms with Crippen LogP contribution in [0.25, 0.3) is 0 Å². The van der Waals surface area contributed by atoms with Crippen molar-refractivity contribution in [1.29, 1.82) is 0 Å². The normalized spacial score (nSPS) is 9.29. The van der Waals surface area contributed by atoms with Crippen molar-refractivity contribution in [1.82, 2.24) is 0 Å². The van der Waals surface area contributed by atoms with Crippen LogP contribution in [0.5, 0.6) is 0 Å². The van der Waals surface area contributed by atoms with Gasteiger partial charge in [-0.05, 0) is 7.43 Å². The summed E-state index contributed by atoms with van der Waals surface area (Å²) in [6.45, 7) is 2.79. The Balaban J connectivity index is 0. The van der Waals surface area contributed by atoms with Crippen LogP contribution in [0.3, 0.4) is 0 Å². The molecule has 4 heteroatoms. The maximum absolute atomic E-state index is 9.44. The molecule has 0 spiro atoms. The average Bonchev–Trinajstić information content (AvgIpc) is 1.35. The van der Waals surface area contributed by atoms with Crippen LogP contribution in [0.15, 0.2) is 12.0 Å². The van der Waals surface area contributed by atoms with Crippen LogP contribution in [0.1, 0.15) is 0 Å². The molecule has 0 aromatic carbocycles. The summed E-state index contributed by atoms with van der Waals surface area (Å²) >= 11 is 0. The summed E-state index contributed by atoms with van der Waals surface area (Å²) < 4.78 is 26.6. The maximum Gasteiger partial charge on any atom is 0.287 e. The first-order valence-electron chi connectivity index (χ1n) is 1.16. The van der Waals surface area contributed by atoms with Gasteiger partial charge in [-0.15, -0.1) is 0 Å². The second-order valence-electron chi connectivity index (χ2n) is 0.682. The first-order valence-corrected chi connectivity index (χ1v) is 2.66. The van der Waals surface area contributed by atoms with Crippen molar-refractivity contribution >= 4 is 10.1 Å². The monoisotopic (exact) mass is 121 g/mol. The van der Waals surface area contributed by atoms with Gasteiger partial charge in [0.2, 0.25) is 0 Å². The first-order chi connectivity index (χ1) is 2.56. The summed E-state index contributed by atoms with van der Waals surface area (Å²) in [5, 5.41) is 0.465. The molecule has 0 fully saturated rings. The highest BCUT2D eigenvalue weighted by Crippen LogP contribution is 1.75. The van der Waals surface area contributed by atoms with Crippen molar-refractivity contribution in [3.63, 3.8) is 0 Å². The summed E-state index contributed by atoms with van der Waals surface area (Å²) in [6, 6.07) is 0. The minimum Gasteiger partial charge on any atom is -0.282 e. The Kier molecular flexibility index (Phi) is 3.87. The summed E-state index contributed by atoms with van der Waals surface area (Å²) in [6.07, 6.45) is 0. The molecular formula is C3H5O3S. The van der Waals surface area contributed by atoms with Crippen LogP contribution < -0.4 is 0 Å². The zero-order chi connectivity index (χ0) is 5.21. The van der Waals surface area contributed by atoms with E-state index in [0.29, 0.717) is 5.41 Å². The van der Waals surface area contributed by atoms with Gasteiger partial charge in [0, 0.05) is 0 Å². The quantitative estimate of drug-likeness (QED) is 0.505. The Labute approximate surface area is 43.4 Å². The van der Waals surface area contributed by atoms with Gasteiger partial charge in [-0.1, -0.05) is 6.58 Å². The van der Waals surface area contributed by atoms with E-state index in [1.807, 2.05) is 0 Å². The van der Waals surface area contributed by atoms with Gasteiger partial charge >= 0.3 is 0 Å². The molecule has 3 nitrogen and oxygen atoms in total. The molecule has 1 N–H and O–H groups in total. The first kappa shape index (κ1) is 9.82. The van der Waals surface area contributed by atoms with E-state index in [1.165, 1.54) is 0 Å². The van der Waals surface area contributed by atoms with E-state index in [-0.39, 0.29) is 7.43 Å². The summed E-state index contributed by atoms with van der Waals surface area (Å²) in [7, 11) is -3.90. The Bertz CT molecular complexity index is 121. The van der Waals surface area contributed by atoms with Crippen LogP contribution in [0.2, 0.25) is 0 Å². The number of hydrogen-bond donors (Lipinski definition) is 1. The third kappa shape index (κ3) is 10.7. The highest BCUT2D eigenvalue weighted by Gasteiger charge is 1.87. The Morgan fingerprint density at radius 1 is 1.57 bits per heavy atom. The van der Waals surface area contributed by atoms with Gasteiger partial charge in [0.15, 0.2) is 0 Å². The topological polar surface area (TPSA) is 54.4 Å². The Morgan fingerprint density at radius 3 is 1.71 bits per heavy atom. The van der Waals surface area contributed by atoms with Gasteiger partial charge < -0.3 is 0 Å². The van der Waals surface area contributed by atoms with Gasteiger partial charge in [-0.3, -0.25) is 4.55 Å². The van der Waals surface area contributed by atoms with Crippen LogP contribution in [0, 0.1) is 7.43 Å². The van der Waals surface area contributed by atoms with E-state index < -0.39 is 10.1 Å². The third-order valence-electron chi connectivity index (χ3n) is 0.211. The van der Waals surface area contributed by atoms with E-state index in [4.69, 9.17) is 4.55 Å². The highest BCUT2D eigenvalue weighted by atomic mass is 32.2. The van der Waals surface area contributed by atoms with Crippen molar-refractivity contribution in [2.75, 3.05) is 0 Å². The van der Waals surface area contributed by atoms with Crippen LogP contribution >= 0.6 is 0 Å². The zero-order valence-corrected chi connectivity index (χ0v) is 4.35. The van der Waals surface area contributed by atoms with Crippen molar-refractivity contribution < 1.29 is 13.0 Å². The lowest BCUT2D eigenvalue weighted by Crippen LogP contribution is -1.86. The summed E-state index contributed by atoms with van der Waals surface area (Å²) in [5.41, 5.74) is 0. The lowest BCUT2D eigenvalue weighted by molar-refractivity contribution is 0.494. The molecule has 41 valence electrons. The van der Waals surface area contributed by atoms with Crippen LogP contribution in [-0.4, -0.2) is 13.0 Å². The molecule has 0 aliphatic rings. The third-order valence-corrected chi connectivity index (χ3v) is 0.632. The molecule has 0 saturated heterocycles. The van der Waals surface area contributed by atoms with E-state index in [9.17, 15) is 8.42 Å². The fourth-order valence-corrected chi connectivity index (χ4v) is 0. The van der Waals surface area contributed by atoms with Crippen molar-refractivity contribution in [2.45, 2.75) is 0 Å². The number of hydrogen-bond acceptors (Lipinski definition) is 2. The molecule has 0 atom stereocenters. The summed E-state index contributed by atoms with van der Waals surface area (Å²) in [4.78, 5) is 0. The highest BCUT2D eigenvalue weighted by molar-refractivity contribution is 7.88. The molecule has 0 heterocycles. The van der Waals surface area contributed by atoms with Gasteiger partial charge in [0.05, 0.1) is 5.41 Å². The second-order valence-corrected chi connectivity index (χ2v) is 2.04. The molecule has 0 aromatic heterocycles. The average molecular weight is 121 g/mol. The van der Waals surface area contributed by atoms with E-state index in [2.05, 4.69) is 6.58 Å². The van der Waals surface area contributed by atoms with Gasteiger partial charge in [-0.2, -0.15) is 8.42 Å².